The molecule has 2 atom stereocenters. The molecule has 0 aromatic heterocycles. The molecule has 0 radical (unpaired) electrons. The minimum absolute atomic E-state index is 0.0501. The molecule has 196 valence electrons. The number of nitrogens with two attached hydrogens (primary N) is 1. The van der Waals surface area contributed by atoms with Crippen molar-refractivity contribution in [1.29, 1.82) is 0 Å². The van der Waals surface area contributed by atoms with Crippen molar-refractivity contribution in [3.63, 3.8) is 0 Å². The Morgan fingerprint density at radius 1 is 1.19 bits per heavy atom. The molecule has 0 aliphatic carbocycles. The summed E-state index contributed by atoms with van der Waals surface area (Å²) in [6.45, 7) is 2.60. The first-order valence-electron chi connectivity index (χ1n) is 12.2. The van der Waals surface area contributed by atoms with Gasteiger partial charge in [0.05, 0.1) is 26.4 Å². The molecule has 0 saturated carbocycles. The average Bonchev–Trinajstić information content (AvgIpc) is 2.91. The lowest BCUT2D eigenvalue weighted by Crippen LogP contribution is -2.51. The number of hydrogen-bond donors (Lipinski definition) is 2. The van der Waals surface area contributed by atoms with Crippen LogP contribution in [0.1, 0.15) is 30.9 Å². The van der Waals surface area contributed by atoms with E-state index in [1.165, 1.54) is 12.1 Å². The molecule has 3 amide bonds. The molecule has 1 aliphatic heterocycles. The predicted molar refractivity (Wildman–Crippen MR) is 138 cm³/mol. The van der Waals surface area contributed by atoms with Crippen molar-refractivity contribution in [2.24, 2.45) is 11.8 Å². The van der Waals surface area contributed by atoms with Gasteiger partial charge in [-0.15, -0.1) is 0 Å². The summed E-state index contributed by atoms with van der Waals surface area (Å²) in [7, 11) is 1.32. The number of urea groups is 1. The van der Waals surface area contributed by atoms with Crippen LogP contribution in [-0.4, -0.2) is 68.5 Å². The summed E-state index contributed by atoms with van der Waals surface area (Å²) in [6, 6.07) is 16.9. The highest BCUT2D eigenvalue weighted by atomic mass is 35.5. The molecule has 1 saturated heterocycles. The number of nitrogens with zero attached hydrogens (tertiary/aromatic N) is 2. The molecule has 36 heavy (non-hydrogen) atoms. The number of benzene rings is 2. The van der Waals surface area contributed by atoms with E-state index >= 15 is 0 Å². The number of halogens is 1. The van der Waals surface area contributed by atoms with Crippen LogP contribution in [0.4, 0.5) is 9.59 Å². The van der Waals surface area contributed by atoms with Gasteiger partial charge in [-0.2, -0.15) is 0 Å². The molecule has 2 aromatic carbocycles. The smallest absolute Gasteiger partial charge is 0.406 e. The van der Waals surface area contributed by atoms with Crippen LogP contribution < -0.4 is 15.9 Å². The van der Waals surface area contributed by atoms with Crippen molar-refractivity contribution in [2.75, 3.05) is 46.5 Å². The summed E-state index contributed by atoms with van der Waals surface area (Å²) in [6.07, 6.45) is 1.55. The maximum atomic E-state index is 13.1. The van der Waals surface area contributed by atoms with E-state index in [4.69, 9.17) is 26.9 Å². The lowest BCUT2D eigenvalue weighted by molar-refractivity contribution is -0.0107. The van der Waals surface area contributed by atoms with Crippen LogP contribution in [0.5, 0.6) is 5.75 Å². The van der Waals surface area contributed by atoms with E-state index in [2.05, 4.69) is 10.1 Å². The van der Waals surface area contributed by atoms with Crippen LogP contribution in [0.2, 0.25) is 5.02 Å². The van der Waals surface area contributed by atoms with Gasteiger partial charge in [-0.05, 0) is 42.7 Å². The van der Waals surface area contributed by atoms with Gasteiger partial charge < -0.3 is 24.4 Å². The Hall–Kier alpha value is -3.01. The first kappa shape index (κ1) is 27.6. The van der Waals surface area contributed by atoms with E-state index in [-0.39, 0.29) is 18.1 Å². The third-order valence-corrected chi connectivity index (χ3v) is 6.22. The molecule has 1 heterocycles. The number of hydrazine groups is 1. The number of likely N-dealkylation sites (tertiary alicyclic amines) is 1. The third-order valence-electron chi connectivity index (χ3n) is 5.99. The lowest BCUT2D eigenvalue weighted by Gasteiger charge is -2.38. The SMILES string of the molecule is COC(=O)NCCO[C@@H](c1cccc(Cl)c1)C1CCCN(C(=O)N(N)CCCOc2ccccc2)C1. The van der Waals surface area contributed by atoms with E-state index in [1.807, 2.05) is 54.6 Å². The van der Waals surface area contributed by atoms with Gasteiger partial charge in [0.25, 0.3) is 0 Å². The van der Waals surface area contributed by atoms with Gasteiger partial charge in [-0.25, -0.2) is 15.4 Å². The molecule has 0 spiro atoms. The number of amides is 3. The normalized spacial score (nSPS) is 16.2. The molecule has 10 heteroatoms. The zero-order valence-corrected chi connectivity index (χ0v) is 21.4. The van der Waals surface area contributed by atoms with Crippen LogP contribution in [0.15, 0.2) is 54.6 Å². The van der Waals surface area contributed by atoms with Crippen LogP contribution >= 0.6 is 11.6 Å². The molecular formula is C26H35ClN4O5. The number of hydrogen-bond acceptors (Lipinski definition) is 6. The number of nitrogens with one attached hydrogen (secondary N) is 1. The van der Waals surface area contributed by atoms with Crippen molar-refractivity contribution in [3.8, 4) is 5.75 Å². The molecule has 3 N–H and O–H groups in total. The second-order valence-corrected chi connectivity index (χ2v) is 9.04. The number of rotatable bonds is 11. The van der Waals surface area contributed by atoms with Crippen molar-refractivity contribution in [1.82, 2.24) is 15.2 Å². The number of methoxy groups -OCH3 is 1. The number of ether oxygens (including phenoxy) is 3. The first-order chi connectivity index (χ1) is 17.5. The topological polar surface area (TPSA) is 106 Å². The Balaban J connectivity index is 1.55. The minimum Gasteiger partial charge on any atom is -0.494 e. The number of piperidine rings is 1. The number of alkyl carbamates (subject to hydrolysis) is 1. The number of carbonyl (C=O) groups is 2. The summed E-state index contributed by atoms with van der Waals surface area (Å²) in [4.78, 5) is 26.2. The van der Waals surface area contributed by atoms with E-state index < -0.39 is 6.09 Å². The Kier molecular flexibility index (Phi) is 11.1. The molecular weight excluding hydrogens is 484 g/mol. The molecule has 9 nitrogen and oxygen atoms in total. The molecule has 1 unspecified atom stereocenters. The van der Waals surface area contributed by atoms with Crippen LogP contribution in [0.3, 0.4) is 0 Å². The van der Waals surface area contributed by atoms with Crippen molar-refractivity contribution in [3.05, 3.63) is 65.2 Å². The van der Waals surface area contributed by atoms with Crippen molar-refractivity contribution >= 4 is 23.7 Å². The maximum absolute atomic E-state index is 13.1. The standard InChI is InChI=1S/C26H35ClN4O5/c1-34-25(32)29-13-17-36-24(20-8-5-10-22(27)18-20)21-9-6-14-30(19-21)26(33)31(28)15-7-16-35-23-11-3-2-4-12-23/h2-5,8,10-12,18,21,24H,6-7,9,13-17,19,28H2,1H3,(H,29,32)/t21?,24-/m0/s1. The van der Waals surface area contributed by atoms with Crippen LogP contribution in [-0.2, 0) is 9.47 Å². The Bertz CT molecular complexity index is 964. The van der Waals surface area contributed by atoms with E-state index in [0.717, 1.165) is 24.2 Å². The minimum atomic E-state index is -0.510. The Morgan fingerprint density at radius 2 is 2.00 bits per heavy atom. The predicted octanol–water partition coefficient (Wildman–Crippen LogP) is 4.23. The largest absolute Gasteiger partial charge is 0.494 e. The Morgan fingerprint density at radius 3 is 2.75 bits per heavy atom. The maximum Gasteiger partial charge on any atom is 0.406 e. The Labute approximate surface area is 217 Å². The van der Waals surface area contributed by atoms with E-state index in [9.17, 15) is 9.59 Å². The fourth-order valence-electron chi connectivity index (χ4n) is 4.25. The first-order valence-corrected chi connectivity index (χ1v) is 12.5. The fourth-order valence-corrected chi connectivity index (χ4v) is 4.45. The average molecular weight is 519 g/mol. The molecule has 3 rings (SSSR count). The van der Waals surface area contributed by atoms with Gasteiger partial charge in [0.1, 0.15) is 5.75 Å². The van der Waals surface area contributed by atoms with Gasteiger partial charge in [0.2, 0.25) is 0 Å². The zero-order valence-electron chi connectivity index (χ0n) is 20.6. The molecule has 2 aromatic rings. The summed E-state index contributed by atoms with van der Waals surface area (Å²) >= 11 is 6.24. The van der Waals surface area contributed by atoms with Crippen LogP contribution in [0.25, 0.3) is 0 Å². The molecule has 0 bridgehead atoms. The number of para-hydroxylation sites is 1. The molecule has 1 aliphatic rings. The van der Waals surface area contributed by atoms with E-state index in [0.29, 0.717) is 50.8 Å². The summed E-state index contributed by atoms with van der Waals surface area (Å²) in [5.41, 5.74) is 0.933. The van der Waals surface area contributed by atoms with Gasteiger partial charge >= 0.3 is 12.1 Å². The highest BCUT2D eigenvalue weighted by Gasteiger charge is 2.32. The van der Waals surface area contributed by atoms with Gasteiger partial charge in [0.15, 0.2) is 0 Å². The quantitative estimate of drug-likeness (QED) is 0.199. The summed E-state index contributed by atoms with van der Waals surface area (Å²) in [5, 5.41) is 4.49. The van der Waals surface area contributed by atoms with Crippen molar-refractivity contribution in [2.45, 2.75) is 25.4 Å². The third kappa shape index (κ3) is 8.58. The highest BCUT2D eigenvalue weighted by molar-refractivity contribution is 6.30. The van der Waals surface area contributed by atoms with Crippen molar-refractivity contribution < 1.29 is 23.8 Å². The van der Waals surface area contributed by atoms with E-state index in [1.54, 1.807) is 4.90 Å². The second-order valence-electron chi connectivity index (χ2n) is 8.60. The summed E-state index contributed by atoms with van der Waals surface area (Å²) < 4.78 is 16.5. The van der Waals surface area contributed by atoms with Gasteiger partial charge in [0, 0.05) is 43.5 Å². The van der Waals surface area contributed by atoms with Crippen LogP contribution in [0, 0.1) is 5.92 Å². The second kappa shape index (κ2) is 14.5. The number of carbonyl (C=O) groups excluding carboxylic acids is 2. The monoisotopic (exact) mass is 518 g/mol. The zero-order chi connectivity index (χ0) is 25.8. The fraction of sp³-hybridized carbons (Fsp3) is 0.462. The summed E-state index contributed by atoms with van der Waals surface area (Å²) in [5.74, 6) is 6.95. The lowest BCUT2D eigenvalue weighted by atomic mass is 9.88. The highest BCUT2D eigenvalue weighted by Crippen LogP contribution is 2.34. The van der Waals surface area contributed by atoms with Gasteiger partial charge in [-0.1, -0.05) is 41.9 Å². The molecule has 1 fully saturated rings. The van der Waals surface area contributed by atoms with Gasteiger partial charge in [-0.3, -0.25) is 5.01 Å².